The minimum Gasteiger partial charge on any atom is -0.361 e. The van der Waals surface area contributed by atoms with E-state index in [1.165, 1.54) is 0 Å². The van der Waals surface area contributed by atoms with Crippen LogP contribution in [0.15, 0.2) is 36.5 Å². The number of rotatable bonds is 3. The van der Waals surface area contributed by atoms with Crippen LogP contribution in [0, 0.1) is 6.92 Å². The van der Waals surface area contributed by atoms with Gasteiger partial charge in [0.05, 0.1) is 5.02 Å². The molecule has 2 heterocycles. The standard InChI is InChI=1S/C16H14Cl2N4O/c1-9-4-10(5-15(18)21-9)8-20-16(23)22-11-6-13(17)12-2-3-19-14(12)7-11/h2-7,19H,8H2,1H3,(H2,20,22,23). The second-order valence-electron chi connectivity index (χ2n) is 5.14. The molecule has 118 valence electrons. The molecular weight excluding hydrogens is 335 g/mol. The summed E-state index contributed by atoms with van der Waals surface area (Å²) in [6, 6.07) is 8.69. The van der Waals surface area contributed by atoms with Crippen LogP contribution < -0.4 is 10.6 Å². The van der Waals surface area contributed by atoms with E-state index >= 15 is 0 Å². The molecule has 2 aromatic heterocycles. The quantitative estimate of drug-likeness (QED) is 0.610. The highest BCUT2D eigenvalue weighted by molar-refractivity contribution is 6.35. The molecule has 0 unspecified atom stereocenters. The summed E-state index contributed by atoms with van der Waals surface area (Å²) in [5.41, 5.74) is 3.17. The van der Waals surface area contributed by atoms with Crippen molar-refractivity contribution in [3.8, 4) is 0 Å². The highest BCUT2D eigenvalue weighted by Crippen LogP contribution is 2.26. The third-order valence-electron chi connectivity index (χ3n) is 3.31. The predicted octanol–water partition coefficient (Wildman–Crippen LogP) is 4.50. The lowest BCUT2D eigenvalue weighted by Crippen LogP contribution is -2.28. The van der Waals surface area contributed by atoms with E-state index in [1.807, 2.05) is 25.1 Å². The lowest BCUT2D eigenvalue weighted by molar-refractivity contribution is 0.251. The van der Waals surface area contributed by atoms with E-state index in [-0.39, 0.29) is 6.03 Å². The monoisotopic (exact) mass is 348 g/mol. The van der Waals surface area contributed by atoms with Crippen LogP contribution in [0.1, 0.15) is 11.3 Å². The Hall–Kier alpha value is -2.24. The number of aromatic amines is 1. The van der Waals surface area contributed by atoms with Gasteiger partial charge in [0, 0.05) is 35.0 Å². The summed E-state index contributed by atoms with van der Waals surface area (Å²) in [6.45, 7) is 2.20. The molecule has 0 atom stereocenters. The van der Waals surface area contributed by atoms with Gasteiger partial charge >= 0.3 is 6.03 Å². The number of pyridine rings is 1. The van der Waals surface area contributed by atoms with Crippen molar-refractivity contribution >= 4 is 45.8 Å². The number of anilines is 1. The Bertz CT molecular complexity index is 855. The van der Waals surface area contributed by atoms with E-state index in [0.29, 0.717) is 22.4 Å². The van der Waals surface area contributed by atoms with Crippen molar-refractivity contribution in [2.24, 2.45) is 0 Å². The van der Waals surface area contributed by atoms with Crippen LogP contribution in [-0.2, 0) is 6.54 Å². The summed E-state index contributed by atoms with van der Waals surface area (Å²) in [5, 5.41) is 7.44. The number of carbonyl (C=O) groups excluding carboxylic acids is 1. The molecule has 0 fully saturated rings. The number of nitrogens with zero attached hydrogens (tertiary/aromatic N) is 1. The number of hydrogen-bond acceptors (Lipinski definition) is 2. The Morgan fingerprint density at radius 2 is 2.09 bits per heavy atom. The summed E-state index contributed by atoms with van der Waals surface area (Å²) >= 11 is 12.1. The maximum Gasteiger partial charge on any atom is 0.319 e. The zero-order valence-corrected chi connectivity index (χ0v) is 13.8. The lowest BCUT2D eigenvalue weighted by Gasteiger charge is -2.09. The second-order valence-corrected chi connectivity index (χ2v) is 5.94. The van der Waals surface area contributed by atoms with E-state index < -0.39 is 0 Å². The number of nitrogens with one attached hydrogen (secondary N) is 3. The molecule has 3 N–H and O–H groups in total. The van der Waals surface area contributed by atoms with Gasteiger partial charge in [0.25, 0.3) is 0 Å². The number of amides is 2. The molecule has 3 rings (SSSR count). The summed E-state index contributed by atoms with van der Waals surface area (Å²) < 4.78 is 0. The van der Waals surface area contributed by atoms with Crippen LogP contribution in [0.5, 0.6) is 0 Å². The van der Waals surface area contributed by atoms with Gasteiger partial charge in [-0.2, -0.15) is 0 Å². The van der Waals surface area contributed by atoms with E-state index in [2.05, 4.69) is 20.6 Å². The summed E-state index contributed by atoms with van der Waals surface area (Å²) in [4.78, 5) is 19.2. The number of H-pyrrole nitrogens is 1. The van der Waals surface area contributed by atoms with Crippen LogP contribution in [0.2, 0.25) is 10.2 Å². The Kier molecular flexibility index (Phi) is 4.41. The number of benzene rings is 1. The first-order valence-electron chi connectivity index (χ1n) is 6.96. The van der Waals surface area contributed by atoms with Crippen LogP contribution in [0.4, 0.5) is 10.5 Å². The van der Waals surface area contributed by atoms with E-state index in [1.54, 1.807) is 18.3 Å². The Morgan fingerprint density at radius 3 is 2.87 bits per heavy atom. The van der Waals surface area contributed by atoms with Crippen molar-refractivity contribution in [1.82, 2.24) is 15.3 Å². The fourth-order valence-corrected chi connectivity index (χ4v) is 2.91. The molecule has 2 amide bonds. The largest absolute Gasteiger partial charge is 0.361 e. The number of hydrogen-bond donors (Lipinski definition) is 3. The van der Waals surface area contributed by atoms with Gasteiger partial charge in [-0.3, -0.25) is 0 Å². The van der Waals surface area contributed by atoms with E-state index in [0.717, 1.165) is 22.2 Å². The van der Waals surface area contributed by atoms with Crippen LogP contribution in [0.25, 0.3) is 10.9 Å². The molecule has 1 aromatic carbocycles. The molecule has 7 heteroatoms. The molecule has 0 spiro atoms. The van der Waals surface area contributed by atoms with Gasteiger partial charge in [-0.05, 0) is 42.8 Å². The molecule has 0 bridgehead atoms. The molecule has 23 heavy (non-hydrogen) atoms. The van der Waals surface area contributed by atoms with Gasteiger partial charge < -0.3 is 15.6 Å². The van der Waals surface area contributed by atoms with Gasteiger partial charge in [0.2, 0.25) is 0 Å². The lowest BCUT2D eigenvalue weighted by atomic mass is 10.2. The molecule has 0 saturated carbocycles. The first-order chi connectivity index (χ1) is 11.0. The number of aromatic nitrogens is 2. The minimum absolute atomic E-state index is 0.322. The summed E-state index contributed by atoms with van der Waals surface area (Å²) in [5.74, 6) is 0. The van der Waals surface area contributed by atoms with Gasteiger partial charge in [0.1, 0.15) is 5.15 Å². The smallest absolute Gasteiger partial charge is 0.319 e. The summed E-state index contributed by atoms with van der Waals surface area (Å²) in [6.07, 6.45) is 1.80. The third kappa shape index (κ3) is 3.75. The van der Waals surface area contributed by atoms with Crippen molar-refractivity contribution < 1.29 is 4.79 Å². The predicted molar refractivity (Wildman–Crippen MR) is 93.2 cm³/mol. The highest BCUT2D eigenvalue weighted by atomic mass is 35.5. The average Bonchev–Trinajstić information content (AvgIpc) is 2.93. The third-order valence-corrected chi connectivity index (χ3v) is 3.82. The Balaban J connectivity index is 1.66. The van der Waals surface area contributed by atoms with Crippen molar-refractivity contribution in [1.29, 1.82) is 0 Å². The van der Waals surface area contributed by atoms with Crippen molar-refractivity contribution in [3.63, 3.8) is 0 Å². The molecule has 0 saturated heterocycles. The Morgan fingerprint density at radius 1 is 1.26 bits per heavy atom. The van der Waals surface area contributed by atoms with Gasteiger partial charge in [-0.25, -0.2) is 9.78 Å². The number of aryl methyl sites for hydroxylation is 1. The maximum absolute atomic E-state index is 12.0. The van der Waals surface area contributed by atoms with Crippen molar-refractivity contribution in [2.45, 2.75) is 13.5 Å². The van der Waals surface area contributed by atoms with Gasteiger partial charge in [-0.15, -0.1) is 0 Å². The Labute approximate surface area is 143 Å². The molecule has 3 aromatic rings. The van der Waals surface area contributed by atoms with Gasteiger partial charge in [0.15, 0.2) is 0 Å². The molecule has 0 radical (unpaired) electrons. The summed E-state index contributed by atoms with van der Waals surface area (Å²) in [7, 11) is 0. The second kappa shape index (κ2) is 6.48. The first kappa shape index (κ1) is 15.6. The number of fused-ring (bicyclic) bond motifs is 1. The van der Waals surface area contributed by atoms with Crippen LogP contribution in [0.3, 0.4) is 0 Å². The van der Waals surface area contributed by atoms with E-state index in [4.69, 9.17) is 23.2 Å². The first-order valence-corrected chi connectivity index (χ1v) is 7.71. The number of urea groups is 1. The van der Waals surface area contributed by atoms with E-state index in [9.17, 15) is 4.79 Å². The molecular formula is C16H14Cl2N4O. The topological polar surface area (TPSA) is 69.8 Å². The zero-order chi connectivity index (χ0) is 16.4. The van der Waals surface area contributed by atoms with Gasteiger partial charge in [-0.1, -0.05) is 23.2 Å². The van der Waals surface area contributed by atoms with Crippen molar-refractivity contribution in [3.05, 3.63) is 58.0 Å². The van der Waals surface area contributed by atoms with Crippen molar-refractivity contribution in [2.75, 3.05) is 5.32 Å². The molecule has 0 aliphatic heterocycles. The molecule has 5 nitrogen and oxygen atoms in total. The SMILES string of the molecule is Cc1cc(CNC(=O)Nc2cc(Cl)c3cc[nH]c3c2)cc(Cl)n1. The minimum atomic E-state index is -0.322. The van der Waals surface area contributed by atoms with Crippen LogP contribution in [-0.4, -0.2) is 16.0 Å². The number of halogens is 2. The zero-order valence-electron chi connectivity index (χ0n) is 12.3. The fraction of sp³-hybridized carbons (Fsp3) is 0.125. The number of carbonyl (C=O) groups is 1. The van der Waals surface area contributed by atoms with Crippen LogP contribution >= 0.6 is 23.2 Å². The highest BCUT2D eigenvalue weighted by Gasteiger charge is 2.07. The maximum atomic E-state index is 12.0. The normalized spacial score (nSPS) is 10.7. The average molecular weight is 349 g/mol. The fourth-order valence-electron chi connectivity index (χ4n) is 2.35. The molecule has 0 aliphatic carbocycles. The molecule has 0 aliphatic rings.